The van der Waals surface area contributed by atoms with E-state index < -0.39 is 5.54 Å². The Balaban J connectivity index is 1.38. The van der Waals surface area contributed by atoms with Crippen molar-refractivity contribution in [1.29, 1.82) is 0 Å². The van der Waals surface area contributed by atoms with Crippen LogP contribution in [0.1, 0.15) is 18.2 Å². The summed E-state index contributed by atoms with van der Waals surface area (Å²) in [7, 11) is 0. The van der Waals surface area contributed by atoms with Gasteiger partial charge in [-0.25, -0.2) is 4.98 Å². The van der Waals surface area contributed by atoms with Crippen LogP contribution in [0.15, 0.2) is 82.3 Å². The minimum atomic E-state index is -0.766. The fourth-order valence-electron chi connectivity index (χ4n) is 2.83. The molecule has 0 bridgehead atoms. The molecule has 0 amide bonds. The first-order valence-corrected chi connectivity index (χ1v) is 9.45. The van der Waals surface area contributed by atoms with E-state index in [-0.39, 0.29) is 0 Å². The van der Waals surface area contributed by atoms with Gasteiger partial charge in [-0.3, -0.25) is 0 Å². The zero-order valence-corrected chi connectivity index (χ0v) is 16.5. The van der Waals surface area contributed by atoms with E-state index in [1.165, 1.54) is 0 Å². The van der Waals surface area contributed by atoms with Crippen molar-refractivity contribution in [2.45, 2.75) is 18.9 Å². The zero-order valence-electron chi connectivity index (χ0n) is 15.7. The molecule has 146 valence electrons. The summed E-state index contributed by atoms with van der Waals surface area (Å²) >= 11 is 5.98. The minimum Gasteiger partial charge on any atom is -0.477 e. The van der Waals surface area contributed by atoms with Crippen LogP contribution in [0.25, 0.3) is 0 Å². The lowest BCUT2D eigenvalue weighted by Crippen LogP contribution is -2.30. The summed E-state index contributed by atoms with van der Waals surface area (Å²) in [5, 5.41) is 12.8. The maximum Gasteiger partial charge on any atom is 0.322 e. The highest BCUT2D eigenvalue weighted by atomic mass is 35.5. The normalized spacial score (nSPS) is 17.8. The maximum atomic E-state index is 5.98. The summed E-state index contributed by atoms with van der Waals surface area (Å²) in [4.78, 5) is 8.57. The molecule has 1 aromatic heterocycles. The summed E-state index contributed by atoms with van der Waals surface area (Å²) in [5.74, 6) is 1.12. The van der Waals surface area contributed by atoms with Crippen LogP contribution in [-0.2, 0) is 16.7 Å². The van der Waals surface area contributed by atoms with Crippen LogP contribution in [0.5, 0.6) is 11.8 Å². The Labute approximate surface area is 173 Å². The van der Waals surface area contributed by atoms with Crippen molar-refractivity contribution in [3.63, 3.8) is 0 Å². The number of nitrogens with zero attached hydrogens (tertiary/aromatic N) is 5. The smallest absolute Gasteiger partial charge is 0.322 e. The van der Waals surface area contributed by atoms with E-state index in [4.69, 9.17) is 21.1 Å². The van der Waals surface area contributed by atoms with Gasteiger partial charge in [-0.05, 0) is 48.0 Å². The van der Waals surface area contributed by atoms with Crippen molar-refractivity contribution < 1.29 is 9.47 Å². The quantitative estimate of drug-likeness (QED) is 0.564. The van der Waals surface area contributed by atoms with Crippen molar-refractivity contribution in [2.24, 2.45) is 15.4 Å². The molecule has 0 saturated heterocycles. The Morgan fingerprint density at radius 3 is 2.59 bits per heavy atom. The predicted octanol–water partition coefficient (Wildman–Crippen LogP) is 5.18. The van der Waals surface area contributed by atoms with Crippen molar-refractivity contribution in [2.75, 3.05) is 6.61 Å². The molecule has 2 aromatic carbocycles. The highest BCUT2D eigenvalue weighted by Gasteiger charge is 2.38. The van der Waals surface area contributed by atoms with Crippen LogP contribution in [-0.4, -0.2) is 22.5 Å². The van der Waals surface area contributed by atoms with Gasteiger partial charge in [0.25, 0.3) is 0 Å². The monoisotopic (exact) mass is 407 g/mol. The maximum absolute atomic E-state index is 5.98. The van der Waals surface area contributed by atoms with Gasteiger partial charge in [0.15, 0.2) is 5.54 Å². The molecule has 1 aliphatic rings. The van der Waals surface area contributed by atoms with E-state index in [1.807, 2.05) is 67.6 Å². The molecular weight excluding hydrogens is 390 g/mol. The van der Waals surface area contributed by atoms with E-state index in [0.29, 0.717) is 35.7 Å². The summed E-state index contributed by atoms with van der Waals surface area (Å²) in [6, 6.07) is 18.9. The molecule has 1 atom stereocenters. The first-order valence-electron chi connectivity index (χ1n) is 9.07. The molecule has 0 aliphatic carbocycles. The first-order chi connectivity index (χ1) is 14.1. The van der Waals surface area contributed by atoms with Crippen LogP contribution in [0, 0.1) is 0 Å². The van der Waals surface area contributed by atoms with Crippen LogP contribution in [0.3, 0.4) is 0 Å². The second-order valence-electron chi connectivity index (χ2n) is 6.52. The van der Waals surface area contributed by atoms with Crippen LogP contribution in [0.4, 0.5) is 0 Å². The molecule has 4 rings (SSSR count). The Bertz CT molecular complexity index is 1040. The topological polar surface area (TPSA) is 81.3 Å². The molecule has 29 heavy (non-hydrogen) atoms. The van der Waals surface area contributed by atoms with Crippen LogP contribution < -0.4 is 4.74 Å². The molecule has 3 aromatic rings. The third-order valence-electron chi connectivity index (χ3n) is 4.44. The number of aromatic nitrogens is 2. The Hall–Kier alpha value is -3.32. The highest BCUT2D eigenvalue weighted by molar-refractivity contribution is 6.30. The molecule has 0 fully saturated rings. The van der Waals surface area contributed by atoms with Gasteiger partial charge >= 0.3 is 6.01 Å². The highest BCUT2D eigenvalue weighted by Crippen LogP contribution is 2.33. The lowest BCUT2D eigenvalue weighted by atomic mass is 9.93. The fourth-order valence-corrected chi connectivity index (χ4v) is 2.95. The second-order valence-corrected chi connectivity index (χ2v) is 6.95. The summed E-state index contributed by atoms with van der Waals surface area (Å²) in [6.45, 7) is 2.27. The molecule has 7 nitrogen and oxygen atoms in total. The van der Waals surface area contributed by atoms with Crippen molar-refractivity contribution in [3.8, 4) is 11.8 Å². The number of ether oxygens (including phenoxy) is 2. The number of halogens is 1. The van der Waals surface area contributed by atoms with Crippen molar-refractivity contribution in [1.82, 2.24) is 9.97 Å². The molecule has 2 heterocycles. The summed E-state index contributed by atoms with van der Waals surface area (Å²) in [6.07, 6.45) is 2.22. The largest absolute Gasteiger partial charge is 0.477 e. The molecule has 1 unspecified atom stereocenters. The summed E-state index contributed by atoms with van der Waals surface area (Å²) in [5.41, 5.74) is 0.937. The average molecular weight is 408 g/mol. The molecule has 0 spiro atoms. The third-order valence-corrected chi connectivity index (χ3v) is 4.70. The Kier molecular flexibility index (Phi) is 5.48. The third kappa shape index (κ3) is 4.41. The standard InChI is InChI=1S/C21H18ClN5O2/c1-21(15-7-9-16(22)10-8-15)19(25-27-26-21)28-14-12-17-11-13-23-20(24-17)29-18-5-3-2-4-6-18/h2-11,13H,12,14H2,1H3. The Morgan fingerprint density at radius 1 is 1.00 bits per heavy atom. The zero-order chi connectivity index (χ0) is 20.1. The van der Waals surface area contributed by atoms with Gasteiger partial charge in [-0.1, -0.05) is 47.0 Å². The summed E-state index contributed by atoms with van der Waals surface area (Å²) < 4.78 is 11.6. The van der Waals surface area contributed by atoms with E-state index in [0.717, 1.165) is 11.3 Å². The van der Waals surface area contributed by atoms with E-state index in [2.05, 4.69) is 25.4 Å². The van der Waals surface area contributed by atoms with Gasteiger partial charge in [-0.2, -0.15) is 4.98 Å². The molecular formula is C21H18ClN5O2. The Morgan fingerprint density at radius 2 is 1.79 bits per heavy atom. The van der Waals surface area contributed by atoms with E-state index >= 15 is 0 Å². The fraction of sp³-hybridized carbons (Fsp3) is 0.190. The molecule has 0 saturated carbocycles. The lowest BCUT2D eigenvalue weighted by molar-refractivity contribution is 0.280. The van der Waals surface area contributed by atoms with Crippen molar-refractivity contribution >= 4 is 17.5 Å². The first kappa shape index (κ1) is 19.0. The molecule has 0 N–H and O–H groups in total. The number of hydrogen-bond donors (Lipinski definition) is 0. The average Bonchev–Trinajstić information content (AvgIpc) is 3.11. The number of hydrogen-bond acceptors (Lipinski definition) is 7. The van der Waals surface area contributed by atoms with E-state index in [9.17, 15) is 0 Å². The second kappa shape index (κ2) is 8.36. The molecule has 0 radical (unpaired) electrons. The number of rotatable bonds is 6. The van der Waals surface area contributed by atoms with Gasteiger partial charge in [0.1, 0.15) is 5.75 Å². The SMILES string of the molecule is CC1(c2ccc(Cl)cc2)N=NN=C1OCCc1ccnc(Oc2ccccc2)n1. The molecule has 1 aliphatic heterocycles. The number of para-hydroxylation sites is 1. The van der Waals surface area contributed by atoms with Gasteiger partial charge < -0.3 is 9.47 Å². The predicted molar refractivity (Wildman–Crippen MR) is 109 cm³/mol. The van der Waals surface area contributed by atoms with Crippen LogP contribution in [0.2, 0.25) is 5.02 Å². The minimum absolute atomic E-state index is 0.294. The lowest BCUT2D eigenvalue weighted by Gasteiger charge is -2.21. The number of benzene rings is 2. The van der Waals surface area contributed by atoms with Gasteiger partial charge in [-0.15, -0.1) is 5.11 Å². The van der Waals surface area contributed by atoms with Gasteiger partial charge in [0.05, 0.1) is 12.3 Å². The van der Waals surface area contributed by atoms with Crippen LogP contribution >= 0.6 is 11.6 Å². The van der Waals surface area contributed by atoms with E-state index in [1.54, 1.807) is 6.20 Å². The van der Waals surface area contributed by atoms with Gasteiger partial charge in [0, 0.05) is 17.6 Å². The molecule has 8 heteroatoms. The van der Waals surface area contributed by atoms with Crippen molar-refractivity contribution in [3.05, 3.63) is 83.1 Å². The van der Waals surface area contributed by atoms with Gasteiger partial charge in [0.2, 0.25) is 5.90 Å².